The van der Waals surface area contributed by atoms with Crippen LogP contribution in [0.5, 0.6) is 0 Å². The molecule has 0 bridgehead atoms. The molecule has 0 radical (unpaired) electrons. The molecule has 0 aromatic heterocycles. The normalized spacial score (nSPS) is 10.2. The van der Waals surface area contributed by atoms with Crippen LogP contribution in [0.3, 0.4) is 0 Å². The van der Waals surface area contributed by atoms with E-state index in [0.717, 1.165) is 0 Å². The van der Waals surface area contributed by atoms with E-state index in [2.05, 4.69) is 5.32 Å². The van der Waals surface area contributed by atoms with Gasteiger partial charge in [-0.1, -0.05) is 12.1 Å². The number of rotatable bonds is 3. The summed E-state index contributed by atoms with van der Waals surface area (Å²) in [6, 6.07) is 11.3. The van der Waals surface area contributed by atoms with Crippen LogP contribution >= 0.6 is 0 Å². The van der Waals surface area contributed by atoms with E-state index >= 15 is 0 Å². The zero-order valence-corrected chi connectivity index (χ0v) is 11.4. The lowest BCUT2D eigenvalue weighted by Crippen LogP contribution is -2.22. The van der Waals surface area contributed by atoms with Crippen LogP contribution < -0.4 is 16.0 Å². The Labute approximate surface area is 117 Å². The van der Waals surface area contributed by atoms with Crippen molar-refractivity contribution in [2.75, 3.05) is 24.7 Å². The molecule has 3 N–H and O–H groups in total. The molecule has 2 rings (SSSR count). The molecule has 2 aromatic rings. The van der Waals surface area contributed by atoms with Crippen molar-refractivity contribution >= 4 is 23.0 Å². The molecule has 0 saturated heterocycles. The van der Waals surface area contributed by atoms with Gasteiger partial charge in [0.15, 0.2) is 0 Å². The summed E-state index contributed by atoms with van der Waals surface area (Å²) in [6.45, 7) is 0. The fourth-order valence-electron chi connectivity index (χ4n) is 2.01. The quantitative estimate of drug-likeness (QED) is 0.845. The zero-order valence-electron chi connectivity index (χ0n) is 11.4. The minimum atomic E-state index is -0.361. The van der Waals surface area contributed by atoms with Gasteiger partial charge in [-0.05, 0) is 30.3 Å². The van der Waals surface area contributed by atoms with E-state index in [1.807, 2.05) is 0 Å². The van der Waals surface area contributed by atoms with Crippen LogP contribution in [0.4, 0.5) is 21.5 Å². The van der Waals surface area contributed by atoms with Gasteiger partial charge in [0.1, 0.15) is 5.82 Å². The number of anilines is 3. The molecular formula is C15H16FN3O. The summed E-state index contributed by atoms with van der Waals surface area (Å²) in [4.78, 5) is 13.5. The van der Waals surface area contributed by atoms with E-state index in [1.54, 1.807) is 55.4 Å². The Morgan fingerprint density at radius 3 is 2.55 bits per heavy atom. The fourth-order valence-corrected chi connectivity index (χ4v) is 2.01. The van der Waals surface area contributed by atoms with Crippen LogP contribution in [0.1, 0.15) is 10.4 Å². The predicted molar refractivity (Wildman–Crippen MR) is 78.7 cm³/mol. The van der Waals surface area contributed by atoms with E-state index in [4.69, 9.17) is 5.73 Å². The smallest absolute Gasteiger partial charge is 0.253 e. The Kier molecular flexibility index (Phi) is 3.89. The first-order valence-electron chi connectivity index (χ1n) is 6.14. The standard InChI is InChI=1S/C15H16FN3O/c1-18-15(20)11-8-7-10(17)9-14(11)19(2)13-6-4-3-5-12(13)16/h3-9H,17H2,1-2H3,(H,18,20). The molecule has 0 aliphatic heterocycles. The Morgan fingerprint density at radius 2 is 1.90 bits per heavy atom. The second kappa shape index (κ2) is 5.61. The van der Waals surface area contributed by atoms with Crippen LogP contribution in [0.25, 0.3) is 0 Å². The number of carbonyl (C=O) groups is 1. The molecule has 104 valence electrons. The molecule has 0 fully saturated rings. The number of hydrogen-bond donors (Lipinski definition) is 2. The van der Waals surface area contributed by atoms with Crippen LogP contribution in [-0.4, -0.2) is 20.0 Å². The number of nitrogens with two attached hydrogens (primary N) is 1. The van der Waals surface area contributed by atoms with Crippen molar-refractivity contribution in [2.45, 2.75) is 0 Å². The van der Waals surface area contributed by atoms with Crippen LogP contribution in [-0.2, 0) is 0 Å². The Balaban J connectivity index is 2.54. The third-order valence-electron chi connectivity index (χ3n) is 3.07. The maximum Gasteiger partial charge on any atom is 0.253 e. The number of halogens is 1. The van der Waals surface area contributed by atoms with Gasteiger partial charge in [-0.3, -0.25) is 4.79 Å². The molecule has 2 aromatic carbocycles. The fraction of sp³-hybridized carbons (Fsp3) is 0.133. The van der Waals surface area contributed by atoms with Crippen molar-refractivity contribution in [3.63, 3.8) is 0 Å². The van der Waals surface area contributed by atoms with Crippen molar-refractivity contribution in [1.82, 2.24) is 5.32 Å². The molecule has 0 unspecified atom stereocenters. The van der Waals surface area contributed by atoms with E-state index in [1.165, 1.54) is 6.07 Å². The summed E-state index contributed by atoms with van der Waals surface area (Å²) in [5.41, 5.74) is 7.65. The molecule has 0 aliphatic rings. The predicted octanol–water partition coefficient (Wildman–Crippen LogP) is 2.54. The van der Waals surface area contributed by atoms with E-state index < -0.39 is 0 Å². The number of benzene rings is 2. The molecule has 0 heterocycles. The molecule has 0 aliphatic carbocycles. The minimum Gasteiger partial charge on any atom is -0.399 e. The van der Waals surface area contributed by atoms with Gasteiger partial charge in [0.2, 0.25) is 0 Å². The third-order valence-corrected chi connectivity index (χ3v) is 3.07. The highest BCUT2D eigenvalue weighted by Crippen LogP contribution is 2.30. The van der Waals surface area contributed by atoms with Gasteiger partial charge in [-0.25, -0.2) is 4.39 Å². The van der Waals surface area contributed by atoms with E-state index in [-0.39, 0.29) is 11.7 Å². The monoisotopic (exact) mass is 273 g/mol. The minimum absolute atomic E-state index is 0.247. The molecular weight excluding hydrogens is 257 g/mol. The summed E-state index contributed by atoms with van der Waals surface area (Å²) in [5, 5.41) is 2.56. The van der Waals surface area contributed by atoms with Gasteiger partial charge in [-0.2, -0.15) is 0 Å². The summed E-state index contributed by atoms with van der Waals surface area (Å²) in [6.07, 6.45) is 0. The highest BCUT2D eigenvalue weighted by molar-refractivity contribution is 6.01. The van der Waals surface area contributed by atoms with Gasteiger partial charge in [0, 0.05) is 19.8 Å². The first-order valence-corrected chi connectivity index (χ1v) is 6.14. The van der Waals surface area contributed by atoms with E-state index in [0.29, 0.717) is 22.6 Å². The van der Waals surface area contributed by atoms with E-state index in [9.17, 15) is 9.18 Å². The maximum absolute atomic E-state index is 13.9. The van der Waals surface area contributed by atoms with Crippen molar-refractivity contribution in [1.29, 1.82) is 0 Å². The van der Waals surface area contributed by atoms with Gasteiger partial charge in [-0.15, -0.1) is 0 Å². The first-order chi connectivity index (χ1) is 9.54. The number of amides is 1. The largest absolute Gasteiger partial charge is 0.399 e. The summed E-state index contributed by atoms with van der Waals surface area (Å²) < 4.78 is 13.9. The molecule has 0 spiro atoms. The van der Waals surface area contributed by atoms with Crippen molar-refractivity contribution in [3.05, 3.63) is 53.8 Å². The summed E-state index contributed by atoms with van der Waals surface area (Å²) in [5.74, 6) is -0.608. The number of para-hydroxylation sites is 1. The molecule has 0 saturated carbocycles. The molecule has 5 heteroatoms. The van der Waals surface area contributed by atoms with Crippen molar-refractivity contribution in [3.8, 4) is 0 Å². The topological polar surface area (TPSA) is 58.4 Å². The maximum atomic E-state index is 13.9. The Hall–Kier alpha value is -2.56. The second-order valence-electron chi connectivity index (χ2n) is 4.37. The number of nitrogens with zero attached hydrogens (tertiary/aromatic N) is 1. The lowest BCUT2D eigenvalue weighted by Gasteiger charge is -2.23. The van der Waals surface area contributed by atoms with Gasteiger partial charge >= 0.3 is 0 Å². The molecule has 20 heavy (non-hydrogen) atoms. The van der Waals surface area contributed by atoms with Gasteiger partial charge in [0.05, 0.1) is 16.9 Å². The summed E-state index contributed by atoms with van der Waals surface area (Å²) >= 11 is 0. The number of carbonyl (C=O) groups excluding carboxylic acids is 1. The zero-order chi connectivity index (χ0) is 14.7. The Morgan fingerprint density at radius 1 is 1.20 bits per heavy atom. The number of nitrogens with one attached hydrogen (secondary N) is 1. The first kappa shape index (κ1) is 13.9. The summed E-state index contributed by atoms with van der Waals surface area (Å²) in [7, 11) is 3.24. The SMILES string of the molecule is CNC(=O)c1ccc(N)cc1N(C)c1ccccc1F. The highest BCUT2D eigenvalue weighted by atomic mass is 19.1. The average Bonchev–Trinajstić information content (AvgIpc) is 2.46. The molecule has 4 nitrogen and oxygen atoms in total. The van der Waals surface area contributed by atoms with Gasteiger partial charge < -0.3 is 16.0 Å². The number of nitrogen functional groups attached to an aromatic ring is 1. The molecule has 0 atom stereocenters. The van der Waals surface area contributed by atoms with Crippen LogP contribution in [0.15, 0.2) is 42.5 Å². The Bertz CT molecular complexity index is 643. The van der Waals surface area contributed by atoms with Crippen molar-refractivity contribution in [2.24, 2.45) is 0 Å². The number of hydrogen-bond acceptors (Lipinski definition) is 3. The lowest BCUT2D eigenvalue weighted by molar-refractivity contribution is 0.0963. The lowest BCUT2D eigenvalue weighted by atomic mass is 10.1. The van der Waals surface area contributed by atoms with Crippen LogP contribution in [0.2, 0.25) is 0 Å². The highest BCUT2D eigenvalue weighted by Gasteiger charge is 2.16. The van der Waals surface area contributed by atoms with Gasteiger partial charge in [0.25, 0.3) is 5.91 Å². The third kappa shape index (κ3) is 2.56. The molecule has 1 amide bonds. The average molecular weight is 273 g/mol. The van der Waals surface area contributed by atoms with Crippen LogP contribution in [0, 0.1) is 5.82 Å². The second-order valence-corrected chi connectivity index (χ2v) is 4.37. The van der Waals surface area contributed by atoms with Crippen molar-refractivity contribution < 1.29 is 9.18 Å².